The summed E-state index contributed by atoms with van der Waals surface area (Å²) in [5.74, 6) is 0. The zero-order valence-electron chi connectivity index (χ0n) is 11.0. The molecule has 0 saturated heterocycles. The van der Waals surface area contributed by atoms with E-state index in [4.69, 9.17) is 11.6 Å². The Morgan fingerprint density at radius 3 is 2.65 bits per heavy atom. The second-order valence-electron chi connectivity index (χ2n) is 4.66. The lowest BCUT2D eigenvalue weighted by atomic mass is 10.1. The first-order valence-electron chi connectivity index (χ1n) is 6.24. The molecule has 0 bridgehead atoms. The molecule has 1 aromatic heterocycles. The van der Waals surface area contributed by atoms with Crippen molar-refractivity contribution in [3.05, 3.63) is 62.0 Å². The summed E-state index contributed by atoms with van der Waals surface area (Å²) >= 11 is 7.01. The largest absolute Gasteiger partial charge is 0.324 e. The van der Waals surface area contributed by atoms with Gasteiger partial charge in [-0.05, 0) is 36.6 Å². The van der Waals surface area contributed by atoms with Crippen LogP contribution in [0.3, 0.4) is 0 Å². The van der Waals surface area contributed by atoms with Crippen molar-refractivity contribution in [2.24, 2.45) is 0 Å². The van der Waals surface area contributed by atoms with Crippen LogP contribution in [0.15, 0.2) is 35.7 Å². The number of hydrogen-bond acceptors (Lipinski definition) is 4. The lowest BCUT2D eigenvalue weighted by molar-refractivity contribution is -0.380. The van der Waals surface area contributed by atoms with Crippen LogP contribution in [0.2, 0.25) is 5.02 Å². The Morgan fingerprint density at radius 2 is 2.05 bits per heavy atom. The number of nitro groups is 1. The molecule has 20 heavy (non-hydrogen) atoms. The Hall–Kier alpha value is -1.43. The minimum Gasteiger partial charge on any atom is -0.310 e. The Kier molecular flexibility index (Phi) is 5.11. The third-order valence-corrected chi connectivity index (χ3v) is 4.11. The van der Waals surface area contributed by atoms with E-state index in [1.807, 2.05) is 29.6 Å². The number of halogens is 1. The van der Waals surface area contributed by atoms with Crippen molar-refractivity contribution in [2.45, 2.75) is 25.9 Å². The molecule has 1 N–H and O–H groups in total. The molecular formula is C14H15ClN2O2S. The minimum absolute atomic E-state index is 0.187. The number of nitrogens with zero attached hydrogens (tertiary/aromatic N) is 1. The predicted molar refractivity (Wildman–Crippen MR) is 82.4 cm³/mol. The molecule has 2 rings (SSSR count). The Bertz CT molecular complexity index is 583. The summed E-state index contributed by atoms with van der Waals surface area (Å²) in [6, 6.07) is 9.69. The Labute approximate surface area is 126 Å². The molecule has 1 unspecified atom stereocenters. The topological polar surface area (TPSA) is 55.2 Å². The van der Waals surface area contributed by atoms with Crippen molar-refractivity contribution in [3.63, 3.8) is 0 Å². The van der Waals surface area contributed by atoms with E-state index in [2.05, 4.69) is 12.2 Å². The zero-order valence-corrected chi connectivity index (χ0v) is 12.6. The van der Waals surface area contributed by atoms with Gasteiger partial charge in [-0.15, -0.1) is 0 Å². The fourth-order valence-corrected chi connectivity index (χ4v) is 2.74. The monoisotopic (exact) mass is 310 g/mol. The molecule has 0 aliphatic heterocycles. The third-order valence-electron chi connectivity index (χ3n) is 2.93. The van der Waals surface area contributed by atoms with E-state index < -0.39 is 0 Å². The molecule has 1 atom stereocenters. The van der Waals surface area contributed by atoms with E-state index in [1.54, 1.807) is 6.07 Å². The summed E-state index contributed by atoms with van der Waals surface area (Å²) in [7, 11) is 0. The molecule has 0 fully saturated rings. The van der Waals surface area contributed by atoms with Crippen LogP contribution in [-0.4, -0.2) is 11.0 Å². The van der Waals surface area contributed by atoms with Gasteiger partial charge >= 0.3 is 5.00 Å². The van der Waals surface area contributed by atoms with Crippen LogP contribution in [-0.2, 0) is 13.0 Å². The predicted octanol–water partition coefficient (Wildman–Crippen LogP) is 4.03. The van der Waals surface area contributed by atoms with Crippen molar-refractivity contribution < 1.29 is 4.92 Å². The van der Waals surface area contributed by atoms with E-state index in [1.165, 1.54) is 5.56 Å². The van der Waals surface area contributed by atoms with Crippen LogP contribution in [0, 0.1) is 10.1 Å². The van der Waals surface area contributed by atoms with Crippen molar-refractivity contribution in [3.8, 4) is 0 Å². The maximum absolute atomic E-state index is 10.6. The normalized spacial score (nSPS) is 12.3. The van der Waals surface area contributed by atoms with Gasteiger partial charge in [0.15, 0.2) is 0 Å². The summed E-state index contributed by atoms with van der Waals surface area (Å²) in [4.78, 5) is 10.3. The number of nitrogens with one attached hydrogen (secondary N) is 1. The summed E-state index contributed by atoms with van der Waals surface area (Å²) < 4.78 is 0. The van der Waals surface area contributed by atoms with Crippen molar-refractivity contribution in [2.75, 3.05) is 0 Å². The highest BCUT2D eigenvalue weighted by Gasteiger charge is 2.10. The smallest absolute Gasteiger partial charge is 0.310 e. The molecule has 1 aromatic carbocycles. The zero-order chi connectivity index (χ0) is 14.5. The number of rotatable bonds is 6. The molecule has 106 valence electrons. The summed E-state index contributed by atoms with van der Waals surface area (Å²) in [6.07, 6.45) is 0.892. The number of benzene rings is 1. The van der Waals surface area contributed by atoms with Crippen LogP contribution < -0.4 is 5.32 Å². The van der Waals surface area contributed by atoms with Gasteiger partial charge in [-0.3, -0.25) is 10.1 Å². The Morgan fingerprint density at radius 1 is 1.35 bits per heavy atom. The number of hydrogen-bond donors (Lipinski definition) is 1. The van der Waals surface area contributed by atoms with Crippen LogP contribution in [0.25, 0.3) is 0 Å². The van der Waals surface area contributed by atoms with Crippen molar-refractivity contribution in [1.29, 1.82) is 0 Å². The van der Waals surface area contributed by atoms with Gasteiger partial charge in [0.25, 0.3) is 0 Å². The molecule has 0 aliphatic rings. The molecule has 0 radical (unpaired) electrons. The first kappa shape index (κ1) is 15.0. The van der Waals surface area contributed by atoms with Gasteiger partial charge in [-0.25, -0.2) is 0 Å². The van der Waals surface area contributed by atoms with E-state index in [0.29, 0.717) is 6.54 Å². The molecule has 0 aliphatic carbocycles. The SMILES string of the molecule is CC(Cc1ccc(Cl)cc1)NCc1csc([N+](=O)[O-])c1. The van der Waals surface area contributed by atoms with Gasteiger partial charge in [0, 0.05) is 29.1 Å². The van der Waals surface area contributed by atoms with Crippen LogP contribution in [0.1, 0.15) is 18.1 Å². The second-order valence-corrected chi connectivity index (χ2v) is 5.99. The van der Waals surface area contributed by atoms with E-state index >= 15 is 0 Å². The van der Waals surface area contributed by atoms with E-state index in [0.717, 1.165) is 28.3 Å². The van der Waals surface area contributed by atoms with Gasteiger partial charge in [-0.2, -0.15) is 0 Å². The highest BCUT2D eigenvalue weighted by Crippen LogP contribution is 2.22. The molecule has 1 heterocycles. The standard InChI is InChI=1S/C14H15ClN2O2S/c1-10(6-11-2-4-13(15)5-3-11)16-8-12-7-14(17(18)19)20-9-12/h2-5,7,9-10,16H,6,8H2,1H3. The molecule has 0 saturated carbocycles. The first-order chi connectivity index (χ1) is 9.54. The van der Waals surface area contributed by atoms with E-state index in [-0.39, 0.29) is 16.0 Å². The maximum Gasteiger partial charge on any atom is 0.324 e. The van der Waals surface area contributed by atoms with Crippen LogP contribution in [0.5, 0.6) is 0 Å². The maximum atomic E-state index is 10.6. The average molecular weight is 311 g/mol. The van der Waals surface area contributed by atoms with Crippen molar-refractivity contribution in [1.82, 2.24) is 5.32 Å². The molecule has 6 heteroatoms. The molecule has 4 nitrogen and oxygen atoms in total. The van der Waals surface area contributed by atoms with Gasteiger partial charge in [-0.1, -0.05) is 35.1 Å². The van der Waals surface area contributed by atoms with Crippen LogP contribution >= 0.6 is 22.9 Å². The molecule has 0 spiro atoms. The van der Waals surface area contributed by atoms with Gasteiger partial charge < -0.3 is 5.32 Å². The number of thiophene rings is 1. The van der Waals surface area contributed by atoms with Crippen LogP contribution in [0.4, 0.5) is 5.00 Å². The quantitative estimate of drug-likeness (QED) is 0.647. The summed E-state index contributed by atoms with van der Waals surface area (Å²) in [5.41, 5.74) is 2.16. The fraction of sp³-hybridized carbons (Fsp3) is 0.286. The van der Waals surface area contributed by atoms with Crippen molar-refractivity contribution >= 4 is 27.9 Å². The summed E-state index contributed by atoms with van der Waals surface area (Å²) in [5, 5.41) is 16.7. The summed E-state index contributed by atoms with van der Waals surface area (Å²) in [6.45, 7) is 2.73. The second kappa shape index (κ2) is 6.83. The molecule has 2 aromatic rings. The first-order valence-corrected chi connectivity index (χ1v) is 7.50. The average Bonchev–Trinajstić information content (AvgIpc) is 2.88. The van der Waals surface area contributed by atoms with Gasteiger partial charge in [0.2, 0.25) is 0 Å². The van der Waals surface area contributed by atoms with Gasteiger partial charge in [0.1, 0.15) is 0 Å². The minimum atomic E-state index is -0.356. The van der Waals surface area contributed by atoms with Gasteiger partial charge in [0.05, 0.1) is 4.92 Å². The molecular weight excluding hydrogens is 296 g/mol. The molecule has 0 amide bonds. The van der Waals surface area contributed by atoms with E-state index in [9.17, 15) is 10.1 Å². The third kappa shape index (κ3) is 4.30. The lowest BCUT2D eigenvalue weighted by Crippen LogP contribution is -2.27. The highest BCUT2D eigenvalue weighted by molar-refractivity contribution is 7.13. The fourth-order valence-electron chi connectivity index (χ4n) is 1.89. The highest BCUT2D eigenvalue weighted by atomic mass is 35.5. The Balaban J connectivity index is 1.83. The lowest BCUT2D eigenvalue weighted by Gasteiger charge is -2.13.